The second-order valence-corrected chi connectivity index (χ2v) is 10.2. The number of ether oxygens (including phenoxy) is 1. The lowest BCUT2D eigenvalue weighted by molar-refractivity contribution is -0.137. The first-order chi connectivity index (χ1) is 17.5. The zero-order chi connectivity index (χ0) is 26.4. The molecule has 1 N–H and O–H groups in total. The Kier molecular flexibility index (Phi) is 6.14. The number of nitrogens with zero attached hydrogens (tertiary/aromatic N) is 3. The van der Waals surface area contributed by atoms with Crippen molar-refractivity contribution in [2.75, 3.05) is 11.3 Å². The number of halogens is 4. The van der Waals surface area contributed by atoms with Gasteiger partial charge in [0.2, 0.25) is 5.95 Å². The molecule has 1 atom stereocenters. The highest BCUT2D eigenvalue weighted by Crippen LogP contribution is 2.44. The van der Waals surface area contributed by atoms with Gasteiger partial charge in [-0.1, -0.05) is 12.1 Å². The van der Waals surface area contributed by atoms with E-state index in [1.54, 1.807) is 19.2 Å². The molecule has 0 aliphatic carbocycles. The van der Waals surface area contributed by atoms with E-state index in [1.165, 1.54) is 47.4 Å². The minimum Gasteiger partial charge on any atom is -0.493 e. The smallest absolute Gasteiger partial charge is 0.416 e. The second-order valence-electron chi connectivity index (χ2n) is 8.48. The molecule has 1 unspecified atom stereocenters. The summed E-state index contributed by atoms with van der Waals surface area (Å²) in [5.41, 5.74) is 1.06. The van der Waals surface area contributed by atoms with E-state index in [-0.39, 0.29) is 28.9 Å². The van der Waals surface area contributed by atoms with Crippen LogP contribution in [0, 0.1) is 5.95 Å². The summed E-state index contributed by atoms with van der Waals surface area (Å²) in [6.07, 6.45) is -1.36. The molecule has 192 valence electrons. The fourth-order valence-corrected chi connectivity index (χ4v) is 5.49. The molecule has 2 aromatic heterocycles. The van der Waals surface area contributed by atoms with E-state index in [0.717, 1.165) is 12.1 Å². The number of rotatable bonds is 5. The molecule has 12 heteroatoms. The van der Waals surface area contributed by atoms with Crippen molar-refractivity contribution in [3.63, 3.8) is 0 Å². The maximum atomic E-state index is 13.9. The van der Waals surface area contributed by atoms with Crippen LogP contribution in [0.4, 0.5) is 23.2 Å². The number of hydrogen-bond donors (Lipinski definition) is 1. The molecule has 37 heavy (non-hydrogen) atoms. The number of benzene rings is 2. The van der Waals surface area contributed by atoms with Gasteiger partial charge in [0.25, 0.3) is 10.0 Å². The minimum absolute atomic E-state index is 0.158. The summed E-state index contributed by atoms with van der Waals surface area (Å²) in [5, 5.41) is 4.10. The van der Waals surface area contributed by atoms with Crippen molar-refractivity contribution in [1.29, 1.82) is 0 Å². The van der Waals surface area contributed by atoms with Gasteiger partial charge < -0.3 is 4.74 Å². The Morgan fingerprint density at radius 3 is 2.54 bits per heavy atom. The molecule has 1 aliphatic rings. The van der Waals surface area contributed by atoms with Crippen molar-refractivity contribution >= 4 is 15.7 Å². The Morgan fingerprint density at radius 2 is 1.84 bits per heavy atom. The molecule has 2 aromatic carbocycles. The van der Waals surface area contributed by atoms with Crippen molar-refractivity contribution in [3.8, 4) is 17.0 Å². The van der Waals surface area contributed by atoms with Crippen LogP contribution in [0.2, 0.25) is 0 Å². The zero-order valence-electron chi connectivity index (χ0n) is 19.3. The third-order valence-corrected chi connectivity index (χ3v) is 7.55. The molecule has 3 heterocycles. The molecule has 0 saturated carbocycles. The van der Waals surface area contributed by atoms with Crippen LogP contribution in [0.3, 0.4) is 0 Å². The highest BCUT2D eigenvalue weighted by atomic mass is 32.2. The molecule has 0 radical (unpaired) electrons. The van der Waals surface area contributed by atoms with Gasteiger partial charge in [0, 0.05) is 42.6 Å². The molecule has 4 aromatic rings. The van der Waals surface area contributed by atoms with Gasteiger partial charge >= 0.3 is 6.18 Å². The number of alkyl halides is 3. The number of pyridine rings is 1. The highest BCUT2D eigenvalue weighted by Gasteiger charge is 2.34. The summed E-state index contributed by atoms with van der Waals surface area (Å²) < 4.78 is 89.7. The lowest BCUT2D eigenvalue weighted by atomic mass is 9.83. The van der Waals surface area contributed by atoms with Crippen molar-refractivity contribution in [2.45, 2.75) is 23.4 Å². The molecule has 0 bridgehead atoms. The molecule has 0 fully saturated rings. The predicted octanol–water partition coefficient (Wildman–Crippen LogP) is 5.36. The number of anilines is 1. The van der Waals surface area contributed by atoms with Gasteiger partial charge in [-0.2, -0.15) is 22.7 Å². The molecule has 0 amide bonds. The number of hydrogen-bond acceptors (Lipinski definition) is 5. The van der Waals surface area contributed by atoms with E-state index in [2.05, 4.69) is 14.8 Å². The van der Waals surface area contributed by atoms with E-state index in [1.807, 2.05) is 0 Å². The van der Waals surface area contributed by atoms with E-state index in [9.17, 15) is 26.0 Å². The van der Waals surface area contributed by atoms with Crippen molar-refractivity contribution in [2.24, 2.45) is 7.05 Å². The van der Waals surface area contributed by atoms with Crippen molar-refractivity contribution in [3.05, 3.63) is 89.6 Å². The summed E-state index contributed by atoms with van der Waals surface area (Å²) in [7, 11) is -2.52. The maximum Gasteiger partial charge on any atom is 0.416 e. The predicted molar refractivity (Wildman–Crippen MR) is 127 cm³/mol. The first kappa shape index (κ1) is 24.8. The lowest BCUT2D eigenvalue weighted by Crippen LogP contribution is -2.19. The van der Waals surface area contributed by atoms with Crippen LogP contribution >= 0.6 is 0 Å². The van der Waals surface area contributed by atoms with Gasteiger partial charge in [0.15, 0.2) is 0 Å². The number of nitrogens with one attached hydrogen (secondary N) is 1. The molecule has 7 nitrogen and oxygen atoms in total. The Balaban J connectivity index is 1.56. The SMILES string of the molecule is Cn1nccc1-c1cc(C(F)(F)F)ccc1C1CCOc2cc(S(=O)(=O)Nc3cccnc3F)ccc21. The zero-order valence-corrected chi connectivity index (χ0v) is 20.1. The van der Waals surface area contributed by atoms with Gasteiger partial charge in [-0.3, -0.25) is 9.40 Å². The first-order valence-corrected chi connectivity index (χ1v) is 12.6. The molecule has 0 spiro atoms. The van der Waals surface area contributed by atoms with E-state index in [4.69, 9.17) is 4.74 Å². The quantitative estimate of drug-likeness (QED) is 0.277. The summed E-state index contributed by atoms with van der Waals surface area (Å²) >= 11 is 0. The maximum absolute atomic E-state index is 13.9. The minimum atomic E-state index is -4.52. The van der Waals surface area contributed by atoms with Crippen LogP contribution in [0.5, 0.6) is 5.75 Å². The monoisotopic (exact) mass is 532 g/mol. The van der Waals surface area contributed by atoms with Gasteiger partial charge in [0.1, 0.15) is 11.4 Å². The number of aryl methyl sites for hydroxylation is 1. The summed E-state index contributed by atoms with van der Waals surface area (Å²) in [5.74, 6) is -1.05. The Labute approximate surface area is 209 Å². The van der Waals surface area contributed by atoms with E-state index >= 15 is 0 Å². The van der Waals surface area contributed by atoms with Crippen LogP contribution < -0.4 is 9.46 Å². The van der Waals surface area contributed by atoms with Crippen molar-refractivity contribution < 1.29 is 30.7 Å². The van der Waals surface area contributed by atoms with Crippen LogP contribution in [0.25, 0.3) is 11.3 Å². The normalized spacial score (nSPS) is 15.6. The topological polar surface area (TPSA) is 86.1 Å². The van der Waals surface area contributed by atoms with Gasteiger partial charge in [-0.05, 0) is 48.4 Å². The molecular formula is C25H20F4N4O3S. The van der Waals surface area contributed by atoms with Gasteiger partial charge in [-0.15, -0.1) is 0 Å². The third-order valence-electron chi connectivity index (χ3n) is 6.19. The van der Waals surface area contributed by atoms with Crippen LogP contribution in [-0.4, -0.2) is 29.8 Å². The Hall–Kier alpha value is -3.93. The molecule has 1 aliphatic heterocycles. The third kappa shape index (κ3) is 4.76. The highest BCUT2D eigenvalue weighted by molar-refractivity contribution is 7.92. The lowest BCUT2D eigenvalue weighted by Gasteiger charge is -2.29. The van der Waals surface area contributed by atoms with Gasteiger partial charge in [0.05, 0.1) is 22.8 Å². The van der Waals surface area contributed by atoms with E-state index < -0.39 is 27.7 Å². The largest absolute Gasteiger partial charge is 0.493 e. The average Bonchev–Trinajstić information content (AvgIpc) is 3.29. The fraction of sp³-hybridized carbons (Fsp3) is 0.200. The summed E-state index contributed by atoms with van der Waals surface area (Å²) in [6.45, 7) is 0.220. The first-order valence-electron chi connectivity index (χ1n) is 11.1. The molecule has 0 saturated heterocycles. The second kappa shape index (κ2) is 9.18. The Bertz CT molecular complexity index is 1590. The van der Waals surface area contributed by atoms with Gasteiger partial charge in [-0.25, -0.2) is 13.4 Å². The number of sulfonamides is 1. The van der Waals surface area contributed by atoms with Crippen LogP contribution in [-0.2, 0) is 23.2 Å². The molecular weight excluding hydrogens is 512 g/mol. The van der Waals surface area contributed by atoms with Crippen LogP contribution in [0.15, 0.2) is 71.9 Å². The van der Waals surface area contributed by atoms with Crippen LogP contribution in [0.1, 0.15) is 29.0 Å². The standard InChI is InChI=1S/C25H20F4N4O3S/c1-33-22(8-11-31-33)20-13-15(25(27,28)29)4-6-17(20)18-9-12-36-23-14-16(5-7-19(18)23)37(34,35)32-21-3-2-10-30-24(21)26/h2-8,10-11,13-14,18,32H,9,12H2,1H3. The van der Waals surface area contributed by atoms with Crippen molar-refractivity contribution in [1.82, 2.24) is 14.8 Å². The number of fused-ring (bicyclic) bond motifs is 1. The summed E-state index contributed by atoms with van der Waals surface area (Å²) in [4.78, 5) is 3.27. The average molecular weight is 533 g/mol. The fourth-order valence-electron chi connectivity index (χ4n) is 4.42. The molecule has 5 rings (SSSR count). The Morgan fingerprint density at radius 1 is 1.05 bits per heavy atom. The number of aromatic nitrogens is 3. The van der Waals surface area contributed by atoms with E-state index in [0.29, 0.717) is 28.8 Å². The summed E-state index contributed by atoms with van der Waals surface area (Å²) in [6, 6.07) is 12.1.